The molecule has 1 N–H and O–H groups in total. The van der Waals surface area contributed by atoms with Crippen molar-refractivity contribution in [3.05, 3.63) is 91.8 Å². The summed E-state index contributed by atoms with van der Waals surface area (Å²) in [6.07, 6.45) is -4.19. The summed E-state index contributed by atoms with van der Waals surface area (Å²) in [4.78, 5) is 23.2. The number of nitrogens with zero attached hydrogens (tertiary/aromatic N) is 1. The maximum atomic E-state index is 14.2. The van der Waals surface area contributed by atoms with Crippen LogP contribution >= 0.6 is 23.2 Å². The van der Waals surface area contributed by atoms with Gasteiger partial charge in [-0.1, -0.05) is 36.2 Å². The van der Waals surface area contributed by atoms with E-state index in [1.165, 1.54) is 50.6 Å². The van der Waals surface area contributed by atoms with Crippen LogP contribution in [0.2, 0.25) is 10.0 Å². The number of ether oxygens (including phenoxy) is 2. The summed E-state index contributed by atoms with van der Waals surface area (Å²) in [6.45, 7) is 1.15. The van der Waals surface area contributed by atoms with Crippen molar-refractivity contribution in [1.29, 1.82) is 0 Å². The fourth-order valence-corrected chi connectivity index (χ4v) is 4.10. The number of hydrogen-bond donors (Lipinski definition) is 1. The summed E-state index contributed by atoms with van der Waals surface area (Å²) in [5, 5.41) is 10.5. The van der Waals surface area contributed by atoms with Crippen LogP contribution in [0, 0.1) is 0 Å². The molecule has 3 aromatic rings. The van der Waals surface area contributed by atoms with E-state index in [0.29, 0.717) is 0 Å². The van der Waals surface area contributed by atoms with Crippen molar-refractivity contribution in [3.63, 3.8) is 0 Å². The van der Waals surface area contributed by atoms with Crippen LogP contribution in [0.15, 0.2) is 59.5 Å². The van der Waals surface area contributed by atoms with Gasteiger partial charge in [0.1, 0.15) is 16.5 Å². The van der Waals surface area contributed by atoms with Crippen molar-refractivity contribution >= 4 is 29.2 Å². The number of carbonyl (C=O) groups excluding carboxylic acids is 1. The lowest BCUT2D eigenvalue weighted by Crippen LogP contribution is -2.47. The molecule has 2 atom stereocenters. The molecule has 6 nitrogen and oxygen atoms in total. The molecule has 0 fully saturated rings. The summed E-state index contributed by atoms with van der Waals surface area (Å²) in [5.41, 5.74) is -4.24. The molecule has 0 aliphatic carbocycles. The minimum Gasteiger partial charge on any atom is -0.465 e. The molecule has 0 amide bonds. The van der Waals surface area contributed by atoms with Crippen LogP contribution in [0.1, 0.15) is 34.3 Å². The van der Waals surface area contributed by atoms with E-state index in [1.807, 2.05) is 0 Å². The fourth-order valence-electron chi connectivity index (χ4n) is 3.57. The van der Waals surface area contributed by atoms with Gasteiger partial charge >= 0.3 is 12.1 Å². The number of benzene rings is 2. The molecule has 0 unspecified atom stereocenters. The van der Waals surface area contributed by atoms with Gasteiger partial charge in [-0.15, -0.1) is 0 Å². The minimum absolute atomic E-state index is 0.0519. The number of rotatable bonds is 6. The molecule has 1 heterocycles. The van der Waals surface area contributed by atoms with Gasteiger partial charge in [0.05, 0.1) is 17.7 Å². The summed E-state index contributed by atoms with van der Waals surface area (Å²) in [6, 6.07) is 10.4. The first kappa shape index (κ1) is 26.6. The standard InChI is InChI=1S/C24H20Cl2F3NO5/c1-13(23(33,24(27,28)29)15-6-11-19(31)30(2)12-15)17-9-10-18(21(26)20(17)25)35-16-7-4-14(5-8-16)22(32)34-3/h4-13,33H,1-3H3/t13-,23-/m1/s1. The van der Waals surface area contributed by atoms with E-state index in [4.69, 9.17) is 27.9 Å². The van der Waals surface area contributed by atoms with Crippen LogP contribution in [0.25, 0.3) is 0 Å². The first-order chi connectivity index (χ1) is 16.3. The third-order valence-corrected chi connectivity index (χ3v) is 6.51. The number of aromatic nitrogens is 1. The molecule has 1 aromatic heterocycles. The first-order valence-corrected chi connectivity index (χ1v) is 10.9. The van der Waals surface area contributed by atoms with Gasteiger partial charge in [-0.3, -0.25) is 4.79 Å². The van der Waals surface area contributed by atoms with Crippen molar-refractivity contribution < 1.29 is 32.5 Å². The number of aryl methyl sites for hydroxylation is 1. The van der Waals surface area contributed by atoms with Gasteiger partial charge in [-0.2, -0.15) is 13.2 Å². The zero-order chi connectivity index (χ0) is 26.1. The minimum atomic E-state index is -5.11. The maximum Gasteiger partial charge on any atom is 0.422 e. The van der Waals surface area contributed by atoms with Gasteiger partial charge < -0.3 is 19.1 Å². The molecule has 35 heavy (non-hydrogen) atoms. The van der Waals surface area contributed by atoms with E-state index in [2.05, 4.69) is 4.74 Å². The molecule has 0 saturated carbocycles. The van der Waals surface area contributed by atoms with Gasteiger partial charge in [0.25, 0.3) is 0 Å². The van der Waals surface area contributed by atoms with Crippen LogP contribution in [-0.2, 0) is 17.4 Å². The van der Waals surface area contributed by atoms with Crippen LogP contribution in [0.5, 0.6) is 11.5 Å². The number of pyridine rings is 1. The molecule has 0 spiro atoms. The Morgan fingerprint density at radius 3 is 2.20 bits per heavy atom. The number of alkyl halides is 3. The molecule has 11 heteroatoms. The summed E-state index contributed by atoms with van der Waals surface area (Å²) >= 11 is 12.7. The molecule has 0 radical (unpaired) electrons. The predicted octanol–water partition coefficient (Wildman–Crippen LogP) is 5.82. The lowest BCUT2D eigenvalue weighted by Gasteiger charge is -2.37. The second-order valence-corrected chi connectivity index (χ2v) is 8.51. The van der Waals surface area contributed by atoms with Crippen molar-refractivity contribution in [3.8, 4) is 11.5 Å². The monoisotopic (exact) mass is 529 g/mol. The van der Waals surface area contributed by atoms with Crippen molar-refractivity contribution in [2.75, 3.05) is 7.11 Å². The molecular formula is C24H20Cl2F3NO5. The normalized spacial score (nSPS) is 14.2. The van der Waals surface area contributed by atoms with Crippen molar-refractivity contribution in [1.82, 2.24) is 4.57 Å². The van der Waals surface area contributed by atoms with Gasteiger partial charge in [0.15, 0.2) is 5.60 Å². The van der Waals surface area contributed by atoms with Gasteiger partial charge in [-0.05, 0) is 42.0 Å². The SMILES string of the molecule is COC(=O)c1ccc(Oc2ccc([C@@H](C)[C@@](O)(c3ccc(=O)n(C)c3)C(F)(F)F)c(Cl)c2Cl)cc1. The zero-order valence-electron chi connectivity index (χ0n) is 18.7. The average molecular weight is 530 g/mol. The van der Waals surface area contributed by atoms with E-state index < -0.39 is 34.8 Å². The Morgan fingerprint density at radius 2 is 1.66 bits per heavy atom. The highest BCUT2D eigenvalue weighted by atomic mass is 35.5. The third kappa shape index (κ3) is 5.03. The Bertz CT molecular complexity index is 1310. The van der Waals surface area contributed by atoms with E-state index in [1.54, 1.807) is 0 Å². The number of hydrogen-bond acceptors (Lipinski definition) is 5. The van der Waals surface area contributed by atoms with E-state index >= 15 is 0 Å². The van der Waals surface area contributed by atoms with Gasteiger partial charge in [0, 0.05) is 30.8 Å². The van der Waals surface area contributed by atoms with E-state index in [9.17, 15) is 27.9 Å². The Kier molecular flexibility index (Phi) is 7.54. The van der Waals surface area contributed by atoms with E-state index in [-0.39, 0.29) is 32.7 Å². The fraction of sp³-hybridized carbons (Fsp3) is 0.250. The topological polar surface area (TPSA) is 77.8 Å². The zero-order valence-corrected chi connectivity index (χ0v) is 20.2. The first-order valence-electron chi connectivity index (χ1n) is 10.1. The Morgan fingerprint density at radius 1 is 1.03 bits per heavy atom. The average Bonchev–Trinajstić information content (AvgIpc) is 2.82. The molecule has 0 bridgehead atoms. The molecule has 3 rings (SSSR count). The molecule has 0 saturated heterocycles. The van der Waals surface area contributed by atoms with Gasteiger partial charge in [-0.25, -0.2) is 4.79 Å². The van der Waals surface area contributed by atoms with Crippen LogP contribution < -0.4 is 10.3 Å². The Labute approximate surface area is 208 Å². The molecule has 0 aliphatic rings. The lowest BCUT2D eigenvalue weighted by atomic mass is 9.78. The van der Waals surface area contributed by atoms with Crippen LogP contribution in [-0.4, -0.2) is 28.9 Å². The van der Waals surface area contributed by atoms with Crippen molar-refractivity contribution in [2.24, 2.45) is 7.05 Å². The molecule has 186 valence electrons. The van der Waals surface area contributed by atoms with Gasteiger partial charge in [0.2, 0.25) is 5.56 Å². The van der Waals surface area contributed by atoms with Crippen LogP contribution in [0.4, 0.5) is 13.2 Å². The molecule has 0 aliphatic heterocycles. The predicted molar refractivity (Wildman–Crippen MR) is 124 cm³/mol. The molecule has 2 aromatic carbocycles. The molecular weight excluding hydrogens is 510 g/mol. The number of aliphatic hydroxyl groups is 1. The highest BCUT2D eigenvalue weighted by Gasteiger charge is 2.59. The second-order valence-electron chi connectivity index (χ2n) is 7.75. The van der Waals surface area contributed by atoms with E-state index in [0.717, 1.165) is 29.8 Å². The highest BCUT2D eigenvalue weighted by Crippen LogP contribution is 2.51. The quantitative estimate of drug-likeness (QED) is 0.407. The summed E-state index contributed by atoms with van der Waals surface area (Å²) in [5.74, 6) is -1.81. The number of halogens is 5. The Balaban J connectivity index is 1.99. The smallest absolute Gasteiger partial charge is 0.422 e. The van der Waals surface area contributed by atoms with Crippen molar-refractivity contribution in [2.45, 2.75) is 24.6 Å². The summed E-state index contributed by atoms with van der Waals surface area (Å²) < 4.78 is 53.8. The van der Waals surface area contributed by atoms with Crippen LogP contribution in [0.3, 0.4) is 0 Å². The summed E-state index contributed by atoms with van der Waals surface area (Å²) in [7, 11) is 2.52. The number of methoxy groups -OCH3 is 1. The Hall–Kier alpha value is -3.01. The third-order valence-electron chi connectivity index (χ3n) is 5.63. The second kappa shape index (κ2) is 9.93. The lowest BCUT2D eigenvalue weighted by molar-refractivity contribution is -0.274. The number of carbonyl (C=O) groups is 1. The largest absolute Gasteiger partial charge is 0.465 e. The number of esters is 1. The highest BCUT2D eigenvalue weighted by molar-refractivity contribution is 6.43. The maximum absolute atomic E-state index is 14.2.